The third-order valence-electron chi connectivity index (χ3n) is 6.61. The van der Waals surface area contributed by atoms with Crippen molar-refractivity contribution in [3.05, 3.63) is 0 Å². The van der Waals surface area contributed by atoms with Crippen molar-refractivity contribution in [1.29, 1.82) is 0 Å². The molecule has 32 heavy (non-hydrogen) atoms. The summed E-state index contributed by atoms with van der Waals surface area (Å²) < 4.78 is 5.28. The molecule has 2 N–H and O–H groups in total. The zero-order chi connectivity index (χ0) is 23.0. The van der Waals surface area contributed by atoms with Crippen LogP contribution in [-0.4, -0.2) is 129 Å². The van der Waals surface area contributed by atoms with Crippen molar-refractivity contribution in [2.75, 3.05) is 91.6 Å². The Morgan fingerprint density at radius 2 is 1.53 bits per heavy atom. The van der Waals surface area contributed by atoms with Crippen LogP contribution < -0.4 is 10.6 Å². The molecule has 3 rings (SSSR count). The summed E-state index contributed by atoms with van der Waals surface area (Å²) >= 11 is 0. The molecule has 0 aromatic heterocycles. The minimum absolute atomic E-state index is 0.294. The summed E-state index contributed by atoms with van der Waals surface area (Å²) in [7, 11) is 0. The quantitative estimate of drug-likeness (QED) is 0.574. The Balaban J connectivity index is 1.24. The van der Waals surface area contributed by atoms with Gasteiger partial charge in [-0.05, 0) is 52.6 Å². The number of ether oxygens (including phenoxy) is 1. The second-order valence-electron chi connectivity index (χ2n) is 10.4. The van der Waals surface area contributed by atoms with E-state index in [0.717, 1.165) is 77.9 Å². The summed E-state index contributed by atoms with van der Waals surface area (Å²) in [6.45, 7) is 18.8. The Labute approximate surface area is 193 Å². The van der Waals surface area contributed by atoms with Crippen LogP contribution in [0.5, 0.6) is 0 Å². The Morgan fingerprint density at radius 1 is 0.906 bits per heavy atom. The van der Waals surface area contributed by atoms with Crippen LogP contribution in [0.15, 0.2) is 0 Å². The van der Waals surface area contributed by atoms with Crippen molar-refractivity contribution in [3.8, 4) is 0 Å². The van der Waals surface area contributed by atoms with Gasteiger partial charge in [-0.25, -0.2) is 4.79 Å². The molecule has 9 heteroatoms. The number of amides is 2. The van der Waals surface area contributed by atoms with E-state index in [1.165, 1.54) is 19.4 Å². The first-order valence-electron chi connectivity index (χ1n) is 12.4. The van der Waals surface area contributed by atoms with Gasteiger partial charge in [-0.2, -0.15) is 0 Å². The average molecular weight is 453 g/mol. The number of rotatable bonds is 7. The van der Waals surface area contributed by atoms with Crippen LogP contribution in [0.3, 0.4) is 0 Å². The highest BCUT2D eigenvalue weighted by atomic mass is 16.6. The van der Waals surface area contributed by atoms with Crippen molar-refractivity contribution in [1.82, 2.24) is 30.2 Å². The highest BCUT2D eigenvalue weighted by molar-refractivity contribution is 5.78. The number of hydrogen-bond acceptors (Lipinski definition) is 7. The van der Waals surface area contributed by atoms with Crippen LogP contribution in [0.1, 0.15) is 33.6 Å². The van der Waals surface area contributed by atoms with Crippen molar-refractivity contribution in [3.63, 3.8) is 0 Å². The maximum Gasteiger partial charge on any atom is 0.407 e. The molecule has 9 nitrogen and oxygen atoms in total. The SMILES string of the molecule is CC(C)(C)OC(=O)NCCN1CCN(CC2CCN(CC(=O)N3CCNCC3)CC2)CC1. The second-order valence-corrected chi connectivity index (χ2v) is 10.4. The fraction of sp³-hybridized carbons (Fsp3) is 0.913. The number of piperidine rings is 1. The smallest absolute Gasteiger partial charge is 0.407 e. The molecule has 0 spiro atoms. The molecule has 0 aromatic carbocycles. The third kappa shape index (κ3) is 8.84. The largest absolute Gasteiger partial charge is 0.444 e. The lowest BCUT2D eigenvalue weighted by Gasteiger charge is -2.39. The lowest BCUT2D eigenvalue weighted by atomic mass is 9.96. The van der Waals surface area contributed by atoms with E-state index in [1.807, 2.05) is 25.7 Å². The first-order chi connectivity index (χ1) is 15.3. The summed E-state index contributed by atoms with van der Waals surface area (Å²) in [6, 6.07) is 0. The van der Waals surface area contributed by atoms with Crippen LogP contribution in [0.4, 0.5) is 4.79 Å². The highest BCUT2D eigenvalue weighted by Gasteiger charge is 2.26. The van der Waals surface area contributed by atoms with E-state index in [2.05, 4.69) is 25.3 Å². The minimum atomic E-state index is -0.452. The van der Waals surface area contributed by atoms with E-state index in [4.69, 9.17) is 4.74 Å². The van der Waals surface area contributed by atoms with Crippen LogP contribution >= 0.6 is 0 Å². The molecule has 0 aliphatic carbocycles. The van der Waals surface area contributed by atoms with Crippen molar-refractivity contribution < 1.29 is 14.3 Å². The molecule has 0 unspecified atom stereocenters. The number of carbonyl (C=O) groups is 2. The molecule has 0 radical (unpaired) electrons. The van der Waals surface area contributed by atoms with Crippen LogP contribution in [0.2, 0.25) is 0 Å². The van der Waals surface area contributed by atoms with Gasteiger partial charge in [0.05, 0.1) is 6.54 Å². The van der Waals surface area contributed by atoms with Gasteiger partial charge in [-0.3, -0.25) is 14.6 Å². The third-order valence-corrected chi connectivity index (χ3v) is 6.61. The summed E-state index contributed by atoms with van der Waals surface area (Å²) in [5.74, 6) is 1.03. The molecule has 0 bridgehead atoms. The molecule has 0 aromatic rings. The van der Waals surface area contributed by atoms with Crippen molar-refractivity contribution in [2.45, 2.75) is 39.2 Å². The number of carbonyl (C=O) groups excluding carboxylic acids is 2. The molecular weight excluding hydrogens is 408 g/mol. The van der Waals surface area contributed by atoms with Gasteiger partial charge in [0.1, 0.15) is 5.60 Å². The number of nitrogens with zero attached hydrogens (tertiary/aromatic N) is 4. The molecule has 3 aliphatic heterocycles. The van der Waals surface area contributed by atoms with Gasteiger partial charge in [-0.15, -0.1) is 0 Å². The lowest BCUT2D eigenvalue weighted by molar-refractivity contribution is -0.133. The van der Waals surface area contributed by atoms with Crippen LogP contribution in [0, 0.1) is 5.92 Å². The molecule has 2 amide bonds. The molecule has 3 saturated heterocycles. The van der Waals surface area contributed by atoms with E-state index < -0.39 is 5.60 Å². The first kappa shape index (κ1) is 25.2. The van der Waals surface area contributed by atoms with Crippen LogP contribution in [0.25, 0.3) is 0 Å². The van der Waals surface area contributed by atoms with Crippen molar-refractivity contribution >= 4 is 12.0 Å². The molecule has 3 heterocycles. The monoisotopic (exact) mass is 452 g/mol. The topological polar surface area (TPSA) is 80.4 Å². The van der Waals surface area contributed by atoms with Gasteiger partial charge < -0.3 is 25.2 Å². The van der Waals surface area contributed by atoms with Gasteiger partial charge >= 0.3 is 6.09 Å². The average Bonchev–Trinajstić information content (AvgIpc) is 2.76. The van der Waals surface area contributed by atoms with Crippen LogP contribution in [-0.2, 0) is 9.53 Å². The summed E-state index contributed by atoms with van der Waals surface area (Å²) in [5.41, 5.74) is -0.452. The Morgan fingerprint density at radius 3 is 2.16 bits per heavy atom. The highest BCUT2D eigenvalue weighted by Crippen LogP contribution is 2.19. The minimum Gasteiger partial charge on any atom is -0.444 e. The Hall–Kier alpha value is -1.42. The fourth-order valence-corrected chi connectivity index (χ4v) is 4.72. The van der Waals surface area contributed by atoms with E-state index in [1.54, 1.807) is 0 Å². The number of hydrogen-bond donors (Lipinski definition) is 2. The fourth-order valence-electron chi connectivity index (χ4n) is 4.72. The van der Waals surface area contributed by atoms with Gasteiger partial charge in [0, 0.05) is 72.0 Å². The Kier molecular flexibility index (Phi) is 9.58. The molecule has 184 valence electrons. The molecule has 3 fully saturated rings. The summed E-state index contributed by atoms with van der Waals surface area (Å²) in [6.07, 6.45) is 2.04. The number of alkyl carbamates (subject to hydrolysis) is 1. The Bertz CT molecular complexity index is 589. The summed E-state index contributed by atoms with van der Waals surface area (Å²) in [4.78, 5) is 33.6. The second kappa shape index (κ2) is 12.2. The number of nitrogens with one attached hydrogen (secondary N) is 2. The molecule has 0 atom stereocenters. The summed E-state index contributed by atoms with van der Waals surface area (Å²) in [5, 5.41) is 6.16. The van der Waals surface area contributed by atoms with Gasteiger partial charge in [0.25, 0.3) is 0 Å². The normalized spacial score (nSPS) is 22.7. The predicted octanol–water partition coefficient (Wildman–Crippen LogP) is 0.273. The number of likely N-dealkylation sites (tertiary alicyclic amines) is 1. The van der Waals surface area contributed by atoms with E-state index in [9.17, 15) is 9.59 Å². The standard InChI is InChI=1S/C23H44N6O3/c1-23(2,3)32-22(31)25-8-11-26-14-16-28(17-15-26)18-20-4-9-27(10-5-20)19-21(30)29-12-6-24-7-13-29/h20,24H,4-19H2,1-3H3,(H,25,31). The van der Waals surface area contributed by atoms with E-state index in [-0.39, 0.29) is 6.09 Å². The zero-order valence-electron chi connectivity index (χ0n) is 20.4. The van der Waals surface area contributed by atoms with E-state index >= 15 is 0 Å². The molecule has 3 aliphatic rings. The van der Waals surface area contributed by atoms with Gasteiger partial charge in [-0.1, -0.05) is 0 Å². The lowest BCUT2D eigenvalue weighted by Crippen LogP contribution is -2.51. The van der Waals surface area contributed by atoms with Crippen molar-refractivity contribution in [2.24, 2.45) is 5.92 Å². The maximum atomic E-state index is 12.5. The van der Waals surface area contributed by atoms with E-state index in [0.29, 0.717) is 19.0 Å². The maximum absolute atomic E-state index is 12.5. The van der Waals surface area contributed by atoms with Gasteiger partial charge in [0.2, 0.25) is 5.91 Å². The van der Waals surface area contributed by atoms with Gasteiger partial charge in [0.15, 0.2) is 0 Å². The first-order valence-corrected chi connectivity index (χ1v) is 12.4. The predicted molar refractivity (Wildman–Crippen MR) is 126 cm³/mol. The molecule has 0 saturated carbocycles. The number of piperazine rings is 2. The zero-order valence-corrected chi connectivity index (χ0v) is 20.4. The molecular formula is C23H44N6O3.